The second-order valence-corrected chi connectivity index (χ2v) is 3.93. The van der Waals surface area contributed by atoms with Crippen molar-refractivity contribution in [1.29, 1.82) is 0 Å². The van der Waals surface area contributed by atoms with Crippen LogP contribution in [0.25, 0.3) is 0 Å². The Labute approximate surface area is 95.8 Å². The van der Waals surface area contributed by atoms with Crippen LogP contribution in [0.2, 0.25) is 0 Å². The van der Waals surface area contributed by atoms with Crippen LogP contribution in [0.4, 0.5) is 10.1 Å². The van der Waals surface area contributed by atoms with Crippen LogP contribution in [0.3, 0.4) is 0 Å². The van der Waals surface area contributed by atoms with Crippen LogP contribution in [0.15, 0.2) is 24.3 Å². The van der Waals surface area contributed by atoms with Gasteiger partial charge in [-0.2, -0.15) is 0 Å². The van der Waals surface area contributed by atoms with E-state index in [0.29, 0.717) is 19.1 Å². The van der Waals surface area contributed by atoms with Gasteiger partial charge < -0.3 is 15.8 Å². The van der Waals surface area contributed by atoms with Gasteiger partial charge in [-0.3, -0.25) is 0 Å². The molecule has 1 aromatic carbocycles. The molecule has 0 bridgehead atoms. The first kappa shape index (κ1) is 12.9. The van der Waals surface area contributed by atoms with Crippen molar-refractivity contribution in [2.24, 2.45) is 11.7 Å². The van der Waals surface area contributed by atoms with Crippen molar-refractivity contribution in [3.63, 3.8) is 0 Å². The number of rotatable bonds is 6. The van der Waals surface area contributed by atoms with E-state index in [2.05, 4.69) is 12.2 Å². The Hall–Kier alpha value is -1.13. The molecule has 0 aromatic heterocycles. The smallest absolute Gasteiger partial charge is 0.123 e. The number of halogens is 1. The predicted octanol–water partition coefficient (Wildman–Crippen LogP) is 1.85. The minimum absolute atomic E-state index is 0.130. The third kappa shape index (κ3) is 3.79. The molecule has 0 aliphatic rings. The SMILES string of the molecule is COCC(C)C(CN)Nc1ccc(F)cc1. The molecule has 2 atom stereocenters. The molecule has 0 spiro atoms. The lowest BCUT2D eigenvalue weighted by atomic mass is 10.0. The fourth-order valence-electron chi connectivity index (χ4n) is 1.57. The largest absolute Gasteiger partial charge is 0.384 e. The zero-order valence-electron chi connectivity index (χ0n) is 9.74. The Morgan fingerprint density at radius 1 is 1.38 bits per heavy atom. The van der Waals surface area contributed by atoms with E-state index >= 15 is 0 Å². The molecule has 0 radical (unpaired) electrons. The summed E-state index contributed by atoms with van der Waals surface area (Å²) in [6, 6.07) is 6.40. The van der Waals surface area contributed by atoms with Crippen molar-refractivity contribution in [2.75, 3.05) is 25.6 Å². The minimum Gasteiger partial charge on any atom is -0.384 e. The summed E-state index contributed by atoms with van der Waals surface area (Å²) in [4.78, 5) is 0. The highest BCUT2D eigenvalue weighted by atomic mass is 19.1. The molecule has 0 aliphatic carbocycles. The van der Waals surface area contributed by atoms with Crippen molar-refractivity contribution in [1.82, 2.24) is 0 Å². The molecule has 0 heterocycles. The van der Waals surface area contributed by atoms with Gasteiger partial charge in [0.1, 0.15) is 5.82 Å². The molecule has 0 saturated heterocycles. The number of nitrogens with two attached hydrogens (primary N) is 1. The third-order valence-electron chi connectivity index (χ3n) is 2.57. The molecular weight excluding hydrogens is 207 g/mol. The number of anilines is 1. The van der Waals surface area contributed by atoms with Gasteiger partial charge in [-0.15, -0.1) is 0 Å². The second kappa shape index (κ2) is 6.45. The van der Waals surface area contributed by atoms with Gasteiger partial charge in [0.05, 0.1) is 6.61 Å². The fourth-order valence-corrected chi connectivity index (χ4v) is 1.57. The maximum Gasteiger partial charge on any atom is 0.123 e. The highest BCUT2D eigenvalue weighted by Crippen LogP contribution is 2.13. The molecule has 2 unspecified atom stereocenters. The summed E-state index contributed by atoms with van der Waals surface area (Å²) in [6.45, 7) is 3.23. The van der Waals surface area contributed by atoms with Crippen molar-refractivity contribution < 1.29 is 9.13 Å². The van der Waals surface area contributed by atoms with Crippen LogP contribution in [-0.2, 0) is 4.74 Å². The molecule has 0 saturated carbocycles. The first-order valence-corrected chi connectivity index (χ1v) is 5.38. The Bertz CT molecular complexity index is 302. The van der Waals surface area contributed by atoms with Gasteiger partial charge in [-0.25, -0.2) is 4.39 Å². The standard InChI is InChI=1S/C12H19FN2O/c1-9(8-16-2)12(7-14)15-11-5-3-10(13)4-6-11/h3-6,9,12,15H,7-8,14H2,1-2H3. The van der Waals surface area contributed by atoms with Gasteiger partial charge in [0.2, 0.25) is 0 Å². The van der Waals surface area contributed by atoms with Crippen LogP contribution < -0.4 is 11.1 Å². The van der Waals surface area contributed by atoms with Crippen LogP contribution in [-0.4, -0.2) is 26.3 Å². The second-order valence-electron chi connectivity index (χ2n) is 3.93. The van der Waals surface area contributed by atoms with Crippen LogP contribution in [0, 0.1) is 11.7 Å². The molecule has 0 fully saturated rings. The number of hydrogen-bond donors (Lipinski definition) is 2. The fraction of sp³-hybridized carbons (Fsp3) is 0.500. The zero-order chi connectivity index (χ0) is 12.0. The molecule has 0 aliphatic heterocycles. The van der Waals surface area contributed by atoms with Gasteiger partial charge in [-0.1, -0.05) is 6.92 Å². The number of hydrogen-bond acceptors (Lipinski definition) is 3. The number of ether oxygens (including phenoxy) is 1. The minimum atomic E-state index is -0.236. The maximum atomic E-state index is 12.7. The highest BCUT2D eigenvalue weighted by Gasteiger charge is 2.15. The van der Waals surface area contributed by atoms with Crippen molar-refractivity contribution >= 4 is 5.69 Å². The number of benzene rings is 1. The highest BCUT2D eigenvalue weighted by molar-refractivity contribution is 5.44. The molecule has 1 rings (SSSR count). The lowest BCUT2D eigenvalue weighted by molar-refractivity contribution is 0.151. The quantitative estimate of drug-likeness (QED) is 0.778. The summed E-state index contributed by atoms with van der Waals surface area (Å²) in [5.41, 5.74) is 6.56. The van der Waals surface area contributed by atoms with E-state index in [0.717, 1.165) is 5.69 Å². The molecule has 16 heavy (non-hydrogen) atoms. The summed E-state index contributed by atoms with van der Waals surface area (Å²) < 4.78 is 17.8. The zero-order valence-corrected chi connectivity index (χ0v) is 9.74. The Morgan fingerprint density at radius 3 is 2.50 bits per heavy atom. The average molecular weight is 226 g/mol. The lowest BCUT2D eigenvalue weighted by Crippen LogP contribution is -2.37. The van der Waals surface area contributed by atoms with E-state index in [4.69, 9.17) is 10.5 Å². The van der Waals surface area contributed by atoms with Gasteiger partial charge >= 0.3 is 0 Å². The first-order chi connectivity index (χ1) is 7.67. The summed E-state index contributed by atoms with van der Waals surface area (Å²) in [5, 5.41) is 3.27. The van der Waals surface area contributed by atoms with Crippen molar-refractivity contribution in [3.05, 3.63) is 30.1 Å². The molecule has 90 valence electrons. The lowest BCUT2D eigenvalue weighted by Gasteiger charge is -2.24. The van der Waals surface area contributed by atoms with E-state index < -0.39 is 0 Å². The van der Waals surface area contributed by atoms with E-state index in [1.807, 2.05) is 0 Å². The summed E-state index contributed by atoms with van der Waals surface area (Å²) >= 11 is 0. The normalized spacial score (nSPS) is 14.5. The van der Waals surface area contributed by atoms with Gasteiger partial charge in [0.15, 0.2) is 0 Å². The van der Waals surface area contributed by atoms with E-state index in [9.17, 15) is 4.39 Å². The van der Waals surface area contributed by atoms with E-state index in [1.165, 1.54) is 12.1 Å². The van der Waals surface area contributed by atoms with Gasteiger partial charge in [-0.05, 0) is 24.3 Å². The number of nitrogens with one attached hydrogen (secondary N) is 1. The molecule has 3 N–H and O–H groups in total. The van der Waals surface area contributed by atoms with Crippen molar-refractivity contribution in [3.8, 4) is 0 Å². The number of methoxy groups -OCH3 is 1. The molecule has 0 amide bonds. The van der Waals surface area contributed by atoms with Crippen LogP contribution >= 0.6 is 0 Å². The Morgan fingerprint density at radius 2 is 2.00 bits per heavy atom. The molecule has 1 aromatic rings. The third-order valence-corrected chi connectivity index (χ3v) is 2.57. The Kier molecular flexibility index (Phi) is 5.22. The van der Waals surface area contributed by atoms with Crippen molar-refractivity contribution in [2.45, 2.75) is 13.0 Å². The summed E-state index contributed by atoms with van der Waals surface area (Å²) in [6.07, 6.45) is 0. The monoisotopic (exact) mass is 226 g/mol. The topological polar surface area (TPSA) is 47.3 Å². The van der Waals surface area contributed by atoms with Crippen LogP contribution in [0.1, 0.15) is 6.92 Å². The van der Waals surface area contributed by atoms with E-state index in [1.54, 1.807) is 19.2 Å². The maximum absolute atomic E-state index is 12.7. The predicted molar refractivity (Wildman–Crippen MR) is 63.9 cm³/mol. The van der Waals surface area contributed by atoms with Gasteiger partial charge in [0.25, 0.3) is 0 Å². The molecule has 4 heteroatoms. The first-order valence-electron chi connectivity index (χ1n) is 5.38. The summed E-state index contributed by atoms with van der Waals surface area (Å²) in [5.74, 6) is 0.0693. The van der Waals surface area contributed by atoms with Gasteiger partial charge in [0, 0.05) is 31.3 Å². The van der Waals surface area contributed by atoms with E-state index in [-0.39, 0.29) is 11.9 Å². The molecule has 3 nitrogen and oxygen atoms in total. The average Bonchev–Trinajstić information content (AvgIpc) is 2.28. The Balaban J connectivity index is 2.59. The molecular formula is C12H19FN2O. The summed E-state index contributed by atoms with van der Waals surface area (Å²) in [7, 11) is 1.67. The van der Waals surface area contributed by atoms with Crippen LogP contribution in [0.5, 0.6) is 0 Å².